The predicted molar refractivity (Wildman–Crippen MR) is 102 cm³/mol. The number of likely N-dealkylation sites (tertiary alicyclic amines) is 1. The minimum Gasteiger partial charge on any atom is -0.497 e. The Morgan fingerprint density at radius 3 is 2.88 bits per heavy atom. The molecule has 2 heterocycles. The number of nitrogens with zero attached hydrogens (tertiary/aromatic N) is 3. The number of methoxy groups -OCH3 is 1. The van der Waals surface area contributed by atoms with Crippen molar-refractivity contribution in [2.75, 3.05) is 24.7 Å². The van der Waals surface area contributed by atoms with Crippen molar-refractivity contribution in [2.24, 2.45) is 0 Å². The van der Waals surface area contributed by atoms with E-state index in [9.17, 15) is 4.79 Å². The van der Waals surface area contributed by atoms with Gasteiger partial charge in [-0.2, -0.15) is 0 Å². The fourth-order valence-electron chi connectivity index (χ4n) is 2.79. The first kappa shape index (κ1) is 18.0. The lowest BCUT2D eigenvalue weighted by Crippen LogP contribution is -2.42. The third kappa shape index (κ3) is 4.85. The fourth-order valence-corrected chi connectivity index (χ4v) is 4.45. The molecule has 1 amide bonds. The maximum Gasteiger partial charge on any atom is 0.233 e. The van der Waals surface area contributed by atoms with Crippen molar-refractivity contribution in [1.82, 2.24) is 15.1 Å². The topological polar surface area (TPSA) is 67.3 Å². The van der Waals surface area contributed by atoms with Gasteiger partial charge in [-0.1, -0.05) is 23.1 Å². The maximum absolute atomic E-state index is 12.4. The second kappa shape index (κ2) is 8.53. The SMILES string of the molecule is COc1ccc(Nc2nnc(SCC(=O)N3CCCCC3C)s2)cc1. The number of benzene rings is 1. The molecule has 1 aromatic carbocycles. The number of nitrogens with one attached hydrogen (secondary N) is 1. The molecule has 6 nitrogen and oxygen atoms in total. The third-order valence-electron chi connectivity index (χ3n) is 4.19. The van der Waals surface area contributed by atoms with Crippen molar-refractivity contribution in [3.63, 3.8) is 0 Å². The van der Waals surface area contributed by atoms with Crippen LogP contribution in [0, 0.1) is 0 Å². The first-order chi connectivity index (χ1) is 12.2. The molecule has 3 rings (SSSR count). The van der Waals surface area contributed by atoms with Gasteiger partial charge >= 0.3 is 0 Å². The van der Waals surface area contributed by atoms with Crippen molar-refractivity contribution in [3.8, 4) is 5.75 Å². The quantitative estimate of drug-likeness (QED) is 0.772. The summed E-state index contributed by atoms with van der Waals surface area (Å²) in [4.78, 5) is 14.4. The summed E-state index contributed by atoms with van der Waals surface area (Å²) in [6, 6.07) is 7.97. The van der Waals surface area contributed by atoms with Crippen LogP contribution in [-0.2, 0) is 4.79 Å². The van der Waals surface area contributed by atoms with Crippen molar-refractivity contribution >= 4 is 39.8 Å². The second-order valence-corrected chi connectivity index (χ2v) is 8.15. The van der Waals surface area contributed by atoms with Gasteiger partial charge in [0.1, 0.15) is 5.75 Å². The van der Waals surface area contributed by atoms with Crippen LogP contribution in [0.2, 0.25) is 0 Å². The Hall–Kier alpha value is -1.80. The molecular formula is C17H22N4O2S2. The summed E-state index contributed by atoms with van der Waals surface area (Å²) in [5, 5.41) is 12.2. The van der Waals surface area contributed by atoms with Gasteiger partial charge in [0.05, 0.1) is 12.9 Å². The Morgan fingerprint density at radius 1 is 1.36 bits per heavy atom. The van der Waals surface area contributed by atoms with Gasteiger partial charge in [-0.05, 0) is 50.5 Å². The molecule has 1 unspecified atom stereocenters. The van der Waals surface area contributed by atoms with E-state index < -0.39 is 0 Å². The summed E-state index contributed by atoms with van der Waals surface area (Å²) >= 11 is 2.91. The van der Waals surface area contributed by atoms with Crippen molar-refractivity contribution in [2.45, 2.75) is 36.6 Å². The Labute approximate surface area is 156 Å². The molecule has 2 aromatic rings. The highest BCUT2D eigenvalue weighted by Crippen LogP contribution is 2.29. The predicted octanol–water partition coefficient (Wildman–Crippen LogP) is 3.78. The lowest BCUT2D eigenvalue weighted by molar-refractivity contribution is -0.131. The molecule has 1 saturated heterocycles. The number of aromatic nitrogens is 2. The van der Waals surface area contributed by atoms with Gasteiger partial charge in [0.2, 0.25) is 11.0 Å². The minimum absolute atomic E-state index is 0.192. The van der Waals surface area contributed by atoms with Crippen LogP contribution in [0.4, 0.5) is 10.8 Å². The molecule has 25 heavy (non-hydrogen) atoms. The summed E-state index contributed by atoms with van der Waals surface area (Å²) in [6.45, 7) is 3.00. The van der Waals surface area contributed by atoms with E-state index in [-0.39, 0.29) is 5.91 Å². The van der Waals surface area contributed by atoms with Gasteiger partial charge in [-0.3, -0.25) is 4.79 Å². The smallest absolute Gasteiger partial charge is 0.233 e. The van der Waals surface area contributed by atoms with Crippen LogP contribution in [0.25, 0.3) is 0 Å². The number of carbonyl (C=O) groups is 1. The molecule has 8 heteroatoms. The molecule has 0 radical (unpaired) electrons. The molecular weight excluding hydrogens is 356 g/mol. The van der Waals surface area contributed by atoms with E-state index in [1.54, 1.807) is 7.11 Å². The van der Waals surface area contributed by atoms with Crippen LogP contribution in [0.3, 0.4) is 0 Å². The molecule has 1 fully saturated rings. The van der Waals surface area contributed by atoms with Crippen molar-refractivity contribution in [1.29, 1.82) is 0 Å². The third-order valence-corrected chi connectivity index (χ3v) is 6.15. The highest BCUT2D eigenvalue weighted by molar-refractivity contribution is 8.01. The van der Waals surface area contributed by atoms with Crippen LogP contribution in [0.5, 0.6) is 5.75 Å². The second-order valence-electron chi connectivity index (χ2n) is 5.95. The number of carbonyl (C=O) groups excluding carboxylic acids is 1. The van der Waals surface area contributed by atoms with E-state index in [4.69, 9.17) is 4.74 Å². The number of hydrogen-bond acceptors (Lipinski definition) is 7. The summed E-state index contributed by atoms with van der Waals surface area (Å²) in [5.74, 6) is 1.42. The first-order valence-corrected chi connectivity index (χ1v) is 10.1. The number of thioether (sulfide) groups is 1. The normalized spacial score (nSPS) is 17.4. The van der Waals surface area contributed by atoms with E-state index >= 15 is 0 Å². The van der Waals surface area contributed by atoms with Gasteiger partial charge in [-0.25, -0.2) is 0 Å². The summed E-state index contributed by atoms with van der Waals surface area (Å²) in [5.41, 5.74) is 0.923. The van der Waals surface area contributed by atoms with Crippen LogP contribution in [-0.4, -0.2) is 46.5 Å². The molecule has 0 aliphatic carbocycles. The Morgan fingerprint density at radius 2 is 2.16 bits per heavy atom. The summed E-state index contributed by atoms with van der Waals surface area (Å²) < 4.78 is 5.94. The number of amides is 1. The van der Waals surface area contributed by atoms with Crippen LogP contribution in [0.15, 0.2) is 28.6 Å². The molecule has 1 aliphatic rings. The summed E-state index contributed by atoms with van der Waals surface area (Å²) in [6.07, 6.45) is 3.43. The Kier molecular flexibility index (Phi) is 6.14. The summed E-state index contributed by atoms with van der Waals surface area (Å²) in [7, 11) is 1.64. The van der Waals surface area contributed by atoms with Crippen molar-refractivity contribution < 1.29 is 9.53 Å². The zero-order valence-corrected chi connectivity index (χ0v) is 16.0. The molecule has 0 saturated carbocycles. The zero-order valence-electron chi connectivity index (χ0n) is 14.4. The van der Waals surface area contributed by atoms with Gasteiger partial charge in [0, 0.05) is 18.3 Å². The number of ether oxygens (including phenoxy) is 1. The lowest BCUT2D eigenvalue weighted by atomic mass is 10.0. The lowest BCUT2D eigenvalue weighted by Gasteiger charge is -2.33. The van der Waals surface area contributed by atoms with E-state index in [0.717, 1.165) is 35.2 Å². The van der Waals surface area contributed by atoms with Crippen LogP contribution in [0.1, 0.15) is 26.2 Å². The first-order valence-electron chi connectivity index (χ1n) is 8.32. The molecule has 1 aromatic heterocycles. The minimum atomic E-state index is 0.192. The highest BCUT2D eigenvalue weighted by atomic mass is 32.2. The van der Waals surface area contributed by atoms with Gasteiger partial charge in [0.15, 0.2) is 4.34 Å². The molecule has 1 N–H and O–H groups in total. The average molecular weight is 379 g/mol. The Balaban J connectivity index is 1.51. The van der Waals surface area contributed by atoms with Crippen molar-refractivity contribution in [3.05, 3.63) is 24.3 Å². The monoisotopic (exact) mass is 378 g/mol. The van der Waals surface area contributed by atoms with E-state index in [1.165, 1.54) is 29.5 Å². The molecule has 1 atom stereocenters. The Bertz CT molecular complexity index is 705. The number of hydrogen-bond donors (Lipinski definition) is 1. The standard InChI is InChI=1S/C17H22N4O2S2/c1-12-5-3-4-10-21(12)15(22)11-24-17-20-19-16(25-17)18-13-6-8-14(23-2)9-7-13/h6-9,12H,3-5,10-11H2,1-2H3,(H,18,19). The van der Waals surface area contributed by atoms with Crippen LogP contribution < -0.4 is 10.1 Å². The highest BCUT2D eigenvalue weighted by Gasteiger charge is 2.23. The molecule has 0 spiro atoms. The van der Waals surface area contributed by atoms with E-state index in [2.05, 4.69) is 22.4 Å². The molecule has 134 valence electrons. The van der Waals surface area contributed by atoms with Gasteiger partial charge in [0.25, 0.3) is 0 Å². The van der Waals surface area contributed by atoms with Gasteiger partial charge in [-0.15, -0.1) is 10.2 Å². The molecule has 1 aliphatic heterocycles. The largest absolute Gasteiger partial charge is 0.497 e. The van der Waals surface area contributed by atoms with E-state index in [0.29, 0.717) is 16.9 Å². The van der Waals surface area contributed by atoms with Crippen LogP contribution >= 0.6 is 23.1 Å². The fraction of sp³-hybridized carbons (Fsp3) is 0.471. The number of piperidine rings is 1. The maximum atomic E-state index is 12.4. The zero-order chi connectivity index (χ0) is 17.6. The van der Waals surface area contributed by atoms with Gasteiger partial charge < -0.3 is 15.0 Å². The number of rotatable bonds is 6. The average Bonchev–Trinajstić information content (AvgIpc) is 3.08. The molecule has 0 bridgehead atoms. The van der Waals surface area contributed by atoms with E-state index in [1.807, 2.05) is 29.2 Å². The number of anilines is 2.